The van der Waals surface area contributed by atoms with E-state index in [9.17, 15) is 9.59 Å². The zero-order chi connectivity index (χ0) is 20.5. The molecule has 0 spiro atoms. The molecule has 0 fully saturated rings. The molecule has 0 bridgehead atoms. The van der Waals surface area contributed by atoms with Crippen LogP contribution in [0.1, 0.15) is 65.5 Å². The van der Waals surface area contributed by atoms with Crippen molar-refractivity contribution in [1.29, 1.82) is 0 Å². The van der Waals surface area contributed by atoms with Gasteiger partial charge in [0.1, 0.15) is 17.4 Å². The lowest BCUT2D eigenvalue weighted by molar-refractivity contribution is -0.114. The fourth-order valence-corrected chi connectivity index (χ4v) is 3.81. The van der Waals surface area contributed by atoms with Gasteiger partial charge in [-0.25, -0.2) is 9.78 Å². The minimum Gasteiger partial charge on any atom is -0.486 e. The molecule has 1 amide bonds. The molecule has 28 heavy (non-hydrogen) atoms. The average molecular weight is 405 g/mol. The van der Waals surface area contributed by atoms with Crippen LogP contribution in [0, 0.1) is 6.92 Å². The summed E-state index contributed by atoms with van der Waals surface area (Å²) in [6.45, 7) is 5.84. The minimum absolute atomic E-state index is 0.110. The highest BCUT2D eigenvalue weighted by molar-refractivity contribution is 7.11. The molecule has 0 saturated heterocycles. The minimum atomic E-state index is -0.400. The van der Waals surface area contributed by atoms with Crippen LogP contribution in [0.15, 0.2) is 18.2 Å². The molecule has 0 aliphatic carbocycles. The summed E-state index contributed by atoms with van der Waals surface area (Å²) in [5.74, 6) is 0.177. The fourth-order valence-electron chi connectivity index (χ4n) is 2.80. The van der Waals surface area contributed by atoms with Crippen LogP contribution in [0.4, 0.5) is 5.69 Å². The first-order chi connectivity index (χ1) is 13.4. The number of hydrogen-bond acceptors (Lipinski definition) is 6. The number of aryl methyl sites for hydroxylation is 2. The summed E-state index contributed by atoms with van der Waals surface area (Å²) in [6.07, 6.45) is 5.36. The predicted octanol–water partition coefficient (Wildman–Crippen LogP) is 4.90. The molecule has 152 valence electrons. The second kappa shape index (κ2) is 10.8. The monoisotopic (exact) mass is 404 g/mol. The van der Waals surface area contributed by atoms with Crippen LogP contribution in [0.3, 0.4) is 0 Å². The number of methoxy groups -OCH3 is 1. The van der Waals surface area contributed by atoms with Crippen molar-refractivity contribution >= 4 is 28.9 Å². The lowest BCUT2D eigenvalue weighted by Gasteiger charge is -2.09. The van der Waals surface area contributed by atoms with Gasteiger partial charge in [-0.15, -0.1) is 11.3 Å². The van der Waals surface area contributed by atoms with E-state index in [4.69, 9.17) is 9.47 Å². The van der Waals surface area contributed by atoms with E-state index in [-0.39, 0.29) is 12.5 Å². The SMILES string of the molecule is CCCCCCc1sc(COc2ccc(NC(C)=O)c(C)c2)nc1C(=O)OC. The highest BCUT2D eigenvalue weighted by Gasteiger charge is 2.19. The third-order valence-corrected chi connectivity index (χ3v) is 5.34. The Bertz CT molecular complexity index is 817. The third-order valence-electron chi connectivity index (χ3n) is 4.25. The number of esters is 1. The molecule has 2 rings (SSSR count). The van der Waals surface area contributed by atoms with E-state index in [1.54, 1.807) is 6.07 Å². The van der Waals surface area contributed by atoms with Crippen LogP contribution in [-0.4, -0.2) is 24.0 Å². The number of nitrogens with one attached hydrogen (secondary N) is 1. The van der Waals surface area contributed by atoms with Crippen molar-refractivity contribution in [3.8, 4) is 5.75 Å². The maximum Gasteiger partial charge on any atom is 0.357 e. The highest BCUT2D eigenvalue weighted by atomic mass is 32.1. The van der Waals surface area contributed by atoms with E-state index in [0.29, 0.717) is 11.4 Å². The van der Waals surface area contributed by atoms with Crippen LogP contribution >= 0.6 is 11.3 Å². The number of benzene rings is 1. The second-order valence-electron chi connectivity index (χ2n) is 6.63. The molecule has 0 unspecified atom stereocenters. The van der Waals surface area contributed by atoms with Gasteiger partial charge in [-0.1, -0.05) is 26.2 Å². The molecule has 0 radical (unpaired) electrons. The average Bonchev–Trinajstić information content (AvgIpc) is 3.07. The molecule has 0 aliphatic rings. The summed E-state index contributed by atoms with van der Waals surface area (Å²) in [4.78, 5) is 28.6. The Labute approximate surface area is 170 Å². The maximum atomic E-state index is 12.0. The molecule has 1 N–H and O–H groups in total. The Balaban J connectivity index is 2.05. The Morgan fingerprint density at radius 3 is 2.64 bits per heavy atom. The van der Waals surface area contributed by atoms with Crippen molar-refractivity contribution < 1.29 is 19.1 Å². The number of carbonyl (C=O) groups excluding carboxylic acids is 2. The molecular weight excluding hydrogens is 376 g/mol. The standard InChI is InChI=1S/C21H28N2O4S/c1-5-6-7-8-9-18-20(21(25)26-4)23-19(28-18)13-27-16-10-11-17(14(2)12-16)22-15(3)24/h10-12H,5-9,13H2,1-4H3,(H,22,24). The van der Waals surface area contributed by atoms with Gasteiger partial charge in [0.2, 0.25) is 5.91 Å². The quantitative estimate of drug-likeness (QED) is 0.450. The van der Waals surface area contributed by atoms with Crippen LogP contribution in [0.5, 0.6) is 5.75 Å². The zero-order valence-electron chi connectivity index (χ0n) is 17.0. The highest BCUT2D eigenvalue weighted by Crippen LogP contribution is 2.25. The largest absolute Gasteiger partial charge is 0.486 e. The first-order valence-electron chi connectivity index (χ1n) is 9.52. The molecule has 6 nitrogen and oxygen atoms in total. The van der Waals surface area contributed by atoms with Crippen LogP contribution in [0.25, 0.3) is 0 Å². The fraction of sp³-hybridized carbons (Fsp3) is 0.476. The van der Waals surface area contributed by atoms with Gasteiger partial charge in [-0.05, 0) is 43.5 Å². The van der Waals surface area contributed by atoms with E-state index in [1.807, 2.05) is 19.1 Å². The van der Waals surface area contributed by atoms with E-state index in [2.05, 4.69) is 17.2 Å². The summed E-state index contributed by atoms with van der Waals surface area (Å²) < 4.78 is 10.7. The third kappa shape index (κ3) is 6.34. The molecule has 1 aromatic heterocycles. The number of amides is 1. The summed E-state index contributed by atoms with van der Waals surface area (Å²) in [5.41, 5.74) is 2.08. The Hall–Kier alpha value is -2.41. The van der Waals surface area contributed by atoms with Crippen molar-refractivity contribution in [2.24, 2.45) is 0 Å². The lowest BCUT2D eigenvalue weighted by Crippen LogP contribution is -2.07. The van der Waals surface area contributed by atoms with Crippen molar-refractivity contribution in [2.75, 3.05) is 12.4 Å². The second-order valence-corrected chi connectivity index (χ2v) is 7.80. The van der Waals surface area contributed by atoms with Crippen LogP contribution < -0.4 is 10.1 Å². The van der Waals surface area contributed by atoms with E-state index in [1.165, 1.54) is 38.2 Å². The van der Waals surface area contributed by atoms with Gasteiger partial charge in [0.05, 0.1) is 7.11 Å². The number of carbonyl (C=O) groups is 2. The first kappa shape index (κ1) is 21.9. The van der Waals surface area contributed by atoms with Crippen LogP contribution in [-0.2, 0) is 22.6 Å². The van der Waals surface area contributed by atoms with Crippen LogP contribution in [0.2, 0.25) is 0 Å². The number of ether oxygens (including phenoxy) is 2. The van der Waals surface area contributed by atoms with Crippen molar-refractivity contribution in [1.82, 2.24) is 4.98 Å². The number of nitrogens with zero attached hydrogens (tertiary/aromatic N) is 1. The Morgan fingerprint density at radius 1 is 1.21 bits per heavy atom. The number of rotatable bonds is 10. The molecule has 0 saturated carbocycles. The summed E-state index contributed by atoms with van der Waals surface area (Å²) in [6, 6.07) is 5.48. The van der Waals surface area contributed by atoms with Crippen molar-refractivity contribution in [2.45, 2.75) is 59.5 Å². The lowest BCUT2D eigenvalue weighted by atomic mass is 10.1. The van der Waals surface area contributed by atoms with Gasteiger partial charge in [0.25, 0.3) is 0 Å². The summed E-state index contributed by atoms with van der Waals surface area (Å²) in [7, 11) is 1.37. The van der Waals surface area contributed by atoms with E-state index >= 15 is 0 Å². The Morgan fingerprint density at radius 2 is 2.00 bits per heavy atom. The molecule has 0 atom stereocenters. The van der Waals surface area contributed by atoms with Gasteiger partial charge in [0.15, 0.2) is 5.69 Å². The number of hydrogen-bond donors (Lipinski definition) is 1. The number of aromatic nitrogens is 1. The Kier molecular flexibility index (Phi) is 8.44. The van der Waals surface area contributed by atoms with Gasteiger partial charge in [0, 0.05) is 17.5 Å². The number of thiazole rings is 1. The maximum absolute atomic E-state index is 12.0. The summed E-state index contributed by atoms with van der Waals surface area (Å²) in [5, 5.41) is 3.52. The number of unbranched alkanes of at least 4 members (excludes halogenated alkanes) is 3. The van der Waals surface area contributed by atoms with Crippen molar-refractivity contribution in [3.63, 3.8) is 0 Å². The molecule has 1 heterocycles. The molecular formula is C21H28N2O4S. The van der Waals surface area contributed by atoms with Gasteiger partial charge in [-0.3, -0.25) is 4.79 Å². The zero-order valence-corrected chi connectivity index (χ0v) is 17.8. The topological polar surface area (TPSA) is 77.5 Å². The molecule has 0 aliphatic heterocycles. The van der Waals surface area contributed by atoms with E-state index in [0.717, 1.165) is 40.4 Å². The smallest absolute Gasteiger partial charge is 0.357 e. The molecule has 2 aromatic rings. The van der Waals surface area contributed by atoms with Gasteiger partial charge in [-0.2, -0.15) is 0 Å². The van der Waals surface area contributed by atoms with Crippen molar-refractivity contribution in [3.05, 3.63) is 39.3 Å². The summed E-state index contributed by atoms with van der Waals surface area (Å²) >= 11 is 1.50. The number of anilines is 1. The first-order valence-corrected chi connectivity index (χ1v) is 10.3. The normalized spacial score (nSPS) is 10.6. The molecule has 7 heteroatoms. The van der Waals surface area contributed by atoms with Gasteiger partial charge < -0.3 is 14.8 Å². The predicted molar refractivity (Wildman–Crippen MR) is 111 cm³/mol. The van der Waals surface area contributed by atoms with E-state index < -0.39 is 5.97 Å². The van der Waals surface area contributed by atoms with Gasteiger partial charge >= 0.3 is 5.97 Å². The molecule has 1 aromatic carbocycles.